The summed E-state index contributed by atoms with van der Waals surface area (Å²) in [4.78, 5) is 21.0. The number of aryl methyl sites for hydroxylation is 1. The first-order chi connectivity index (χ1) is 9.70. The minimum absolute atomic E-state index is 0.117. The van der Waals surface area contributed by atoms with Crippen LogP contribution in [0.25, 0.3) is 0 Å². The predicted molar refractivity (Wildman–Crippen MR) is 73.4 cm³/mol. The number of non-ortho nitro benzene ring substituents is 1. The monoisotopic (exact) mass is 312 g/mol. The van der Waals surface area contributed by atoms with Crippen LogP contribution in [0.3, 0.4) is 0 Å². The quantitative estimate of drug-likeness (QED) is 0.500. The Morgan fingerprint density at radius 2 is 1.95 bits per heavy atom. The summed E-state index contributed by atoms with van der Waals surface area (Å²) in [6, 6.07) is 2.19. The Balaban J connectivity index is 2.79. The number of nitro benzene ring substituents is 1. The van der Waals surface area contributed by atoms with Crippen molar-refractivity contribution in [1.29, 1.82) is 0 Å². The lowest BCUT2D eigenvalue weighted by Crippen LogP contribution is -2.25. The van der Waals surface area contributed by atoms with Crippen LogP contribution in [-0.4, -0.2) is 26.4 Å². The molecule has 1 aromatic carbocycles. The van der Waals surface area contributed by atoms with Crippen molar-refractivity contribution in [2.75, 3.05) is 12.4 Å². The Hall–Kier alpha value is -2.42. The number of nitrogens with one attached hydrogen (secondary N) is 1. The van der Waals surface area contributed by atoms with Crippen molar-refractivity contribution in [3.8, 4) is 0 Å². The molecule has 1 aliphatic rings. The van der Waals surface area contributed by atoms with Crippen LogP contribution in [0.1, 0.15) is 12.5 Å². The number of nitro groups is 1. The number of methoxy groups -OCH3 is 1. The molecule has 112 valence electrons. The molecule has 21 heavy (non-hydrogen) atoms. The molecule has 0 atom stereocenters. The van der Waals surface area contributed by atoms with Gasteiger partial charge in [0.25, 0.3) is 5.69 Å². The van der Waals surface area contributed by atoms with Crippen molar-refractivity contribution in [2.24, 2.45) is 0 Å². The van der Waals surface area contributed by atoms with Gasteiger partial charge in [-0.3, -0.25) is 10.1 Å². The maximum absolute atomic E-state index is 12.5. The lowest BCUT2D eigenvalue weighted by molar-refractivity contribution is -0.385. The van der Waals surface area contributed by atoms with E-state index in [-0.39, 0.29) is 22.0 Å². The number of hydrogen-bond donors (Lipinski definition) is 1. The largest absolute Gasteiger partial charge is 0.465 e. The Morgan fingerprint density at radius 3 is 2.48 bits per heavy atom. The molecule has 0 spiro atoms. The molecular weight excluding hydrogens is 300 g/mol. The summed E-state index contributed by atoms with van der Waals surface area (Å²) < 4.78 is 29.5. The normalized spacial score (nSPS) is 16.0. The van der Waals surface area contributed by atoms with E-state index in [9.17, 15) is 23.3 Å². The van der Waals surface area contributed by atoms with E-state index in [0.29, 0.717) is 5.56 Å². The number of anilines is 1. The van der Waals surface area contributed by atoms with Crippen molar-refractivity contribution in [1.82, 2.24) is 0 Å². The number of ether oxygens (including phenoxy) is 1. The van der Waals surface area contributed by atoms with Gasteiger partial charge in [0.15, 0.2) is 4.91 Å². The van der Waals surface area contributed by atoms with Crippen LogP contribution in [0.2, 0.25) is 0 Å². The van der Waals surface area contributed by atoms with Gasteiger partial charge in [0, 0.05) is 17.8 Å². The molecule has 0 radical (unpaired) electrons. The van der Waals surface area contributed by atoms with Crippen LogP contribution in [0.5, 0.6) is 0 Å². The van der Waals surface area contributed by atoms with Gasteiger partial charge in [-0.05, 0) is 19.4 Å². The zero-order chi connectivity index (χ0) is 15.9. The first-order valence-electron chi connectivity index (χ1n) is 5.80. The second-order valence-corrected chi connectivity index (χ2v) is 6.32. The lowest BCUT2D eigenvalue weighted by atomic mass is 10.1. The average molecular weight is 312 g/mol. The van der Waals surface area contributed by atoms with Crippen LogP contribution in [0, 0.1) is 17.0 Å². The summed E-state index contributed by atoms with van der Waals surface area (Å²) in [6.07, 6.45) is 0. The van der Waals surface area contributed by atoms with Crippen molar-refractivity contribution in [3.63, 3.8) is 0 Å². The number of carbonyl (C=O) groups is 1. The van der Waals surface area contributed by atoms with Gasteiger partial charge in [-0.2, -0.15) is 0 Å². The topological polar surface area (TPSA) is 116 Å². The highest BCUT2D eigenvalue weighted by atomic mass is 32.2. The molecule has 0 saturated heterocycles. The standard InChI is InChI=1S/C12H12N2O6S/c1-6-4-8(14(16)17)5-9-10(6)13-7(2)11(12(15)20-3)21(9,18)19/h4-5,13H,1-3H3. The zero-order valence-electron chi connectivity index (χ0n) is 11.5. The number of hydrogen-bond acceptors (Lipinski definition) is 7. The SMILES string of the molecule is COC(=O)C1=C(C)Nc2c(C)cc([N+](=O)[O-])cc2S1(=O)=O. The fourth-order valence-electron chi connectivity index (χ4n) is 2.13. The smallest absolute Gasteiger partial charge is 0.351 e. The third kappa shape index (κ3) is 2.25. The van der Waals surface area contributed by atoms with Crippen molar-refractivity contribution in [3.05, 3.63) is 38.4 Å². The minimum atomic E-state index is -4.18. The lowest BCUT2D eigenvalue weighted by Gasteiger charge is -2.22. The molecule has 0 aromatic heterocycles. The van der Waals surface area contributed by atoms with Crippen LogP contribution in [-0.2, 0) is 19.4 Å². The molecule has 0 saturated carbocycles. The number of benzene rings is 1. The van der Waals surface area contributed by atoms with E-state index in [0.717, 1.165) is 13.2 Å². The highest BCUT2D eigenvalue weighted by Crippen LogP contribution is 2.39. The summed E-state index contributed by atoms with van der Waals surface area (Å²) in [5.41, 5.74) is 0.378. The van der Waals surface area contributed by atoms with Gasteiger partial charge in [0.1, 0.15) is 4.90 Å². The van der Waals surface area contributed by atoms with Crippen LogP contribution < -0.4 is 5.32 Å². The molecule has 9 heteroatoms. The Morgan fingerprint density at radius 1 is 1.33 bits per heavy atom. The summed E-state index contributed by atoms with van der Waals surface area (Å²) >= 11 is 0. The summed E-state index contributed by atoms with van der Waals surface area (Å²) in [6.45, 7) is 2.97. The zero-order valence-corrected chi connectivity index (χ0v) is 12.3. The molecule has 0 aliphatic carbocycles. The van der Waals surface area contributed by atoms with Gasteiger partial charge >= 0.3 is 5.97 Å². The van der Waals surface area contributed by atoms with E-state index < -0.39 is 25.6 Å². The van der Waals surface area contributed by atoms with E-state index in [4.69, 9.17) is 0 Å². The predicted octanol–water partition coefficient (Wildman–Crippen LogP) is 1.51. The number of fused-ring (bicyclic) bond motifs is 1. The fourth-order valence-corrected chi connectivity index (χ4v) is 3.86. The number of rotatable bonds is 2. The Labute approximate surface area is 120 Å². The highest BCUT2D eigenvalue weighted by molar-refractivity contribution is 7.96. The molecule has 1 aliphatic heterocycles. The van der Waals surface area contributed by atoms with Gasteiger partial charge in [-0.25, -0.2) is 13.2 Å². The third-order valence-corrected chi connectivity index (χ3v) is 4.99. The van der Waals surface area contributed by atoms with Gasteiger partial charge in [-0.1, -0.05) is 0 Å². The van der Waals surface area contributed by atoms with Gasteiger partial charge in [-0.15, -0.1) is 0 Å². The number of esters is 1. The third-order valence-electron chi connectivity index (χ3n) is 3.08. The second kappa shape index (κ2) is 4.85. The molecule has 2 rings (SSSR count). The average Bonchev–Trinajstić information content (AvgIpc) is 2.38. The van der Waals surface area contributed by atoms with Crippen LogP contribution >= 0.6 is 0 Å². The van der Waals surface area contributed by atoms with Gasteiger partial charge in [0.2, 0.25) is 9.84 Å². The van der Waals surface area contributed by atoms with E-state index in [2.05, 4.69) is 10.1 Å². The number of nitrogens with zero attached hydrogens (tertiary/aromatic N) is 1. The van der Waals surface area contributed by atoms with Crippen molar-refractivity contribution >= 4 is 27.2 Å². The molecule has 0 fully saturated rings. The van der Waals surface area contributed by atoms with Crippen molar-refractivity contribution < 1.29 is 22.9 Å². The van der Waals surface area contributed by atoms with E-state index in [1.807, 2.05) is 0 Å². The second-order valence-electron chi connectivity index (χ2n) is 4.47. The first-order valence-corrected chi connectivity index (χ1v) is 7.28. The minimum Gasteiger partial charge on any atom is -0.465 e. The number of allylic oxidation sites excluding steroid dienone is 1. The molecule has 0 unspecified atom stereocenters. The molecule has 1 heterocycles. The molecule has 1 aromatic rings. The van der Waals surface area contributed by atoms with Crippen molar-refractivity contribution in [2.45, 2.75) is 18.7 Å². The van der Waals surface area contributed by atoms with Gasteiger partial charge < -0.3 is 10.1 Å². The van der Waals surface area contributed by atoms with E-state index in [1.54, 1.807) is 6.92 Å². The summed E-state index contributed by atoms with van der Waals surface area (Å²) in [5, 5.41) is 13.7. The van der Waals surface area contributed by atoms with Crippen LogP contribution in [0.15, 0.2) is 27.6 Å². The number of carbonyl (C=O) groups excluding carboxylic acids is 1. The summed E-state index contributed by atoms with van der Waals surface area (Å²) in [5.74, 6) is -1.02. The molecule has 8 nitrogen and oxygen atoms in total. The molecule has 0 bridgehead atoms. The highest BCUT2D eigenvalue weighted by Gasteiger charge is 2.38. The maximum Gasteiger partial charge on any atom is 0.351 e. The van der Waals surface area contributed by atoms with Crippen LogP contribution in [0.4, 0.5) is 11.4 Å². The number of sulfone groups is 1. The Kier molecular flexibility index (Phi) is 3.46. The van der Waals surface area contributed by atoms with E-state index in [1.165, 1.54) is 13.0 Å². The Bertz CT molecular complexity index is 794. The molecule has 1 N–H and O–H groups in total. The fraction of sp³-hybridized carbons (Fsp3) is 0.250. The first kappa shape index (κ1) is 15.0. The van der Waals surface area contributed by atoms with Gasteiger partial charge in [0.05, 0.1) is 17.7 Å². The maximum atomic E-state index is 12.5. The molecule has 0 amide bonds. The van der Waals surface area contributed by atoms with E-state index >= 15 is 0 Å². The molecular formula is C12H12N2O6S. The summed E-state index contributed by atoms with van der Waals surface area (Å²) in [7, 11) is -3.12.